The second-order valence-corrected chi connectivity index (χ2v) is 6.75. The number of hydrogen-bond acceptors (Lipinski definition) is 1. The van der Waals surface area contributed by atoms with Gasteiger partial charge in [-0.05, 0) is 57.9 Å². The van der Waals surface area contributed by atoms with Gasteiger partial charge in [-0.15, -0.1) is 0 Å². The molecule has 0 amide bonds. The van der Waals surface area contributed by atoms with Crippen LogP contribution in [0.5, 0.6) is 0 Å². The third-order valence-electron chi connectivity index (χ3n) is 5.30. The second-order valence-electron chi connectivity index (χ2n) is 6.75. The zero-order valence-corrected chi connectivity index (χ0v) is 11.5. The number of hydrogen-bond donors (Lipinski definition) is 0. The van der Waals surface area contributed by atoms with E-state index in [4.69, 9.17) is 0 Å². The number of nitrogens with zero attached hydrogens (tertiary/aromatic N) is 1. The maximum Gasteiger partial charge on any atom is 0.0150 e. The Morgan fingerprint density at radius 2 is 1.62 bits per heavy atom. The summed E-state index contributed by atoms with van der Waals surface area (Å²) >= 11 is 0. The molecule has 2 aliphatic rings. The number of likely N-dealkylation sites (tertiary alicyclic amines) is 1. The van der Waals surface area contributed by atoms with Crippen molar-refractivity contribution in [2.75, 3.05) is 13.1 Å². The Morgan fingerprint density at radius 1 is 1.00 bits per heavy atom. The molecule has 0 atom stereocenters. The fourth-order valence-corrected chi connectivity index (χ4v) is 3.66. The van der Waals surface area contributed by atoms with E-state index in [0.717, 1.165) is 0 Å². The molecule has 1 saturated heterocycles. The Hall–Kier alpha value is -0.0400. The lowest BCUT2D eigenvalue weighted by atomic mass is 9.68. The molecule has 1 aliphatic carbocycles. The summed E-state index contributed by atoms with van der Waals surface area (Å²) in [5.41, 5.74) is 1.13. The molecule has 1 heterocycles. The Bertz CT molecular complexity index is 220. The summed E-state index contributed by atoms with van der Waals surface area (Å²) in [5.74, 6) is 0. The molecule has 1 spiro atoms. The predicted octanol–water partition coefficient (Wildman–Crippen LogP) is 4.22. The fraction of sp³-hybridized carbons (Fsp3) is 1.00. The highest BCUT2D eigenvalue weighted by Gasteiger charge is 2.39. The van der Waals surface area contributed by atoms with E-state index in [1.54, 1.807) is 0 Å². The summed E-state index contributed by atoms with van der Waals surface area (Å²) < 4.78 is 0. The molecule has 1 saturated carbocycles. The van der Waals surface area contributed by atoms with Crippen LogP contribution in [0.1, 0.15) is 72.1 Å². The highest BCUT2D eigenvalue weighted by Crippen LogP contribution is 2.44. The lowest BCUT2D eigenvalue weighted by Crippen LogP contribution is -2.53. The van der Waals surface area contributed by atoms with Crippen LogP contribution in [0.15, 0.2) is 0 Å². The number of piperidine rings is 1. The van der Waals surface area contributed by atoms with E-state index in [2.05, 4.69) is 25.7 Å². The van der Waals surface area contributed by atoms with Crippen LogP contribution >= 0.6 is 0 Å². The van der Waals surface area contributed by atoms with Crippen molar-refractivity contribution >= 4 is 0 Å². The molecule has 2 rings (SSSR count). The summed E-state index contributed by atoms with van der Waals surface area (Å²) in [7, 11) is 0. The SMILES string of the molecule is CCC(C)(C)N1CCCC2(CCCCC2)C1. The maximum atomic E-state index is 2.78. The van der Waals surface area contributed by atoms with Crippen LogP contribution in [0, 0.1) is 5.41 Å². The average molecular weight is 223 g/mol. The zero-order valence-electron chi connectivity index (χ0n) is 11.5. The molecule has 1 heteroatoms. The maximum absolute atomic E-state index is 2.78. The zero-order chi connectivity index (χ0) is 11.6. The monoisotopic (exact) mass is 223 g/mol. The summed E-state index contributed by atoms with van der Waals surface area (Å²) in [6.07, 6.45) is 11.7. The molecule has 0 radical (unpaired) electrons. The summed E-state index contributed by atoms with van der Waals surface area (Å²) in [4.78, 5) is 2.78. The molecule has 1 aliphatic heterocycles. The van der Waals surface area contributed by atoms with Crippen LogP contribution in [-0.4, -0.2) is 23.5 Å². The van der Waals surface area contributed by atoms with Gasteiger partial charge in [-0.2, -0.15) is 0 Å². The summed E-state index contributed by atoms with van der Waals surface area (Å²) in [5, 5.41) is 0. The van der Waals surface area contributed by atoms with E-state index in [-0.39, 0.29) is 0 Å². The van der Waals surface area contributed by atoms with Gasteiger partial charge in [0.15, 0.2) is 0 Å². The molecule has 0 N–H and O–H groups in total. The minimum atomic E-state index is 0.421. The Morgan fingerprint density at radius 3 is 2.25 bits per heavy atom. The fourth-order valence-electron chi connectivity index (χ4n) is 3.66. The minimum absolute atomic E-state index is 0.421. The van der Waals surface area contributed by atoms with Crippen molar-refractivity contribution < 1.29 is 0 Å². The van der Waals surface area contributed by atoms with E-state index < -0.39 is 0 Å². The van der Waals surface area contributed by atoms with Crippen molar-refractivity contribution in [1.82, 2.24) is 4.90 Å². The van der Waals surface area contributed by atoms with E-state index in [0.29, 0.717) is 11.0 Å². The van der Waals surface area contributed by atoms with Crippen LogP contribution in [0.25, 0.3) is 0 Å². The van der Waals surface area contributed by atoms with Crippen LogP contribution in [0.4, 0.5) is 0 Å². The third-order valence-corrected chi connectivity index (χ3v) is 5.30. The predicted molar refractivity (Wildman–Crippen MR) is 70.7 cm³/mol. The van der Waals surface area contributed by atoms with Gasteiger partial charge in [0.2, 0.25) is 0 Å². The smallest absolute Gasteiger partial charge is 0.0150 e. The van der Waals surface area contributed by atoms with Crippen LogP contribution < -0.4 is 0 Å². The van der Waals surface area contributed by atoms with Gasteiger partial charge in [-0.3, -0.25) is 4.90 Å². The largest absolute Gasteiger partial charge is 0.298 e. The van der Waals surface area contributed by atoms with Gasteiger partial charge in [-0.25, -0.2) is 0 Å². The van der Waals surface area contributed by atoms with Crippen molar-refractivity contribution in [2.24, 2.45) is 5.41 Å². The van der Waals surface area contributed by atoms with Gasteiger partial charge in [0.1, 0.15) is 0 Å². The first kappa shape index (κ1) is 12.4. The first-order valence-electron chi connectivity index (χ1n) is 7.33. The third kappa shape index (κ3) is 2.45. The van der Waals surface area contributed by atoms with Crippen molar-refractivity contribution in [1.29, 1.82) is 0 Å². The lowest BCUT2D eigenvalue weighted by Gasteiger charge is -2.50. The summed E-state index contributed by atoms with van der Waals surface area (Å²) in [6.45, 7) is 9.91. The van der Waals surface area contributed by atoms with Gasteiger partial charge >= 0.3 is 0 Å². The minimum Gasteiger partial charge on any atom is -0.298 e. The van der Waals surface area contributed by atoms with E-state index in [9.17, 15) is 0 Å². The molecule has 0 bridgehead atoms. The molecular weight excluding hydrogens is 194 g/mol. The molecule has 94 valence electrons. The highest BCUT2D eigenvalue weighted by molar-refractivity contribution is 4.93. The molecule has 2 fully saturated rings. The van der Waals surface area contributed by atoms with Gasteiger partial charge in [0.05, 0.1) is 0 Å². The highest BCUT2D eigenvalue weighted by atomic mass is 15.2. The van der Waals surface area contributed by atoms with Gasteiger partial charge in [0.25, 0.3) is 0 Å². The Kier molecular flexibility index (Phi) is 3.63. The molecule has 0 aromatic rings. The average Bonchev–Trinajstić information content (AvgIpc) is 2.30. The topological polar surface area (TPSA) is 3.24 Å². The van der Waals surface area contributed by atoms with Crippen molar-refractivity contribution in [3.05, 3.63) is 0 Å². The Balaban J connectivity index is 2.03. The van der Waals surface area contributed by atoms with Crippen LogP contribution in [0.2, 0.25) is 0 Å². The molecule has 0 aromatic carbocycles. The second kappa shape index (κ2) is 4.68. The number of rotatable bonds is 2. The molecule has 1 nitrogen and oxygen atoms in total. The molecule has 0 aromatic heterocycles. The lowest BCUT2D eigenvalue weighted by molar-refractivity contribution is -0.00426. The standard InChI is InChI=1S/C15H29N/c1-4-14(2,3)16-12-8-11-15(13-16)9-6-5-7-10-15/h4-13H2,1-3H3. The molecular formula is C15H29N. The van der Waals surface area contributed by atoms with Crippen LogP contribution in [0.3, 0.4) is 0 Å². The quantitative estimate of drug-likeness (QED) is 0.677. The van der Waals surface area contributed by atoms with E-state index >= 15 is 0 Å². The van der Waals surface area contributed by atoms with Crippen molar-refractivity contribution in [3.63, 3.8) is 0 Å². The van der Waals surface area contributed by atoms with E-state index in [1.807, 2.05) is 0 Å². The Labute approximate surface area is 102 Å². The first-order chi connectivity index (χ1) is 7.58. The normalized spacial score (nSPS) is 27.2. The molecule has 0 unspecified atom stereocenters. The first-order valence-corrected chi connectivity index (χ1v) is 7.33. The van der Waals surface area contributed by atoms with Gasteiger partial charge in [0, 0.05) is 12.1 Å². The van der Waals surface area contributed by atoms with Gasteiger partial charge in [-0.1, -0.05) is 26.2 Å². The summed E-state index contributed by atoms with van der Waals surface area (Å²) in [6, 6.07) is 0. The van der Waals surface area contributed by atoms with Crippen molar-refractivity contribution in [2.45, 2.75) is 77.7 Å². The van der Waals surface area contributed by atoms with Gasteiger partial charge < -0.3 is 0 Å². The molecule has 16 heavy (non-hydrogen) atoms. The van der Waals surface area contributed by atoms with E-state index in [1.165, 1.54) is 64.5 Å². The van der Waals surface area contributed by atoms with Crippen LogP contribution in [-0.2, 0) is 0 Å². The van der Waals surface area contributed by atoms with Crippen molar-refractivity contribution in [3.8, 4) is 0 Å².